The Morgan fingerprint density at radius 3 is 2.85 bits per heavy atom. The molecule has 2 fully saturated rings. The van der Waals surface area contributed by atoms with Crippen LogP contribution in [0.1, 0.15) is 43.9 Å². The van der Waals surface area contributed by atoms with E-state index in [1.54, 1.807) is 6.92 Å². The normalized spacial score (nSPS) is 20.8. The van der Waals surface area contributed by atoms with Crippen molar-refractivity contribution in [1.82, 2.24) is 10.2 Å². The molecule has 1 aromatic rings. The third-order valence-corrected chi connectivity index (χ3v) is 5.20. The van der Waals surface area contributed by atoms with E-state index in [9.17, 15) is 4.79 Å². The monoisotopic (exact) mass is 373 g/mol. The van der Waals surface area contributed by atoms with E-state index < -0.39 is 6.10 Å². The van der Waals surface area contributed by atoms with Crippen LogP contribution in [0.4, 0.5) is 5.69 Å². The minimum atomic E-state index is -0.403. The second-order valence-corrected chi connectivity index (χ2v) is 7.36. The number of carbonyl (C=O) groups excluding carboxylic acids is 1. The number of hydrogen-bond donors (Lipinski definition) is 4. The molecule has 1 saturated carbocycles. The molecule has 0 radical (unpaired) electrons. The molecule has 1 aromatic carbocycles. The summed E-state index contributed by atoms with van der Waals surface area (Å²) >= 11 is 0. The Labute approximate surface area is 161 Å². The zero-order valence-corrected chi connectivity index (χ0v) is 16.3. The van der Waals surface area contributed by atoms with Gasteiger partial charge in [-0.25, -0.2) is 0 Å². The minimum Gasteiger partial charge on any atom is -0.383 e. The van der Waals surface area contributed by atoms with Crippen LogP contribution in [0.15, 0.2) is 18.2 Å². The van der Waals surface area contributed by atoms with Crippen molar-refractivity contribution in [3.8, 4) is 0 Å². The standard InChI is InChI=1S/C20H31N5O2/c1-13(22)17-6-3-15(11-18(17)24-8-7-21)14(2)25(16-4-5-16)20(26)19-12-23-9-10-27-19/h3,6,11,14,16,19,22-24H,4-5,7-10,12,21H2,1-2H3/t14-,19-/m1/s1. The fraction of sp³-hybridized carbons (Fsp3) is 0.600. The van der Waals surface area contributed by atoms with E-state index in [4.69, 9.17) is 15.9 Å². The lowest BCUT2D eigenvalue weighted by Crippen LogP contribution is -2.50. The number of nitrogens with one attached hydrogen (secondary N) is 3. The summed E-state index contributed by atoms with van der Waals surface area (Å²) < 4.78 is 5.70. The molecule has 7 heteroatoms. The van der Waals surface area contributed by atoms with Crippen LogP contribution in [-0.2, 0) is 9.53 Å². The van der Waals surface area contributed by atoms with Gasteiger partial charge in [-0.05, 0) is 38.3 Å². The summed E-state index contributed by atoms with van der Waals surface area (Å²) in [4.78, 5) is 15.1. The van der Waals surface area contributed by atoms with E-state index in [2.05, 4.69) is 23.6 Å². The summed E-state index contributed by atoms with van der Waals surface area (Å²) in [6.07, 6.45) is 1.69. The fourth-order valence-electron chi connectivity index (χ4n) is 3.59. The molecule has 2 aliphatic rings. The summed E-state index contributed by atoms with van der Waals surface area (Å²) in [5, 5.41) is 14.5. The van der Waals surface area contributed by atoms with E-state index in [-0.39, 0.29) is 11.9 Å². The first-order valence-electron chi connectivity index (χ1n) is 9.80. The second kappa shape index (κ2) is 8.82. The summed E-state index contributed by atoms with van der Waals surface area (Å²) in [5.74, 6) is 0.0704. The van der Waals surface area contributed by atoms with Crippen LogP contribution in [0.25, 0.3) is 0 Å². The van der Waals surface area contributed by atoms with Gasteiger partial charge in [0.25, 0.3) is 5.91 Å². The third-order valence-electron chi connectivity index (χ3n) is 5.20. The maximum absolute atomic E-state index is 13.1. The van der Waals surface area contributed by atoms with Crippen molar-refractivity contribution in [3.05, 3.63) is 29.3 Å². The number of nitrogens with two attached hydrogens (primary N) is 1. The Hall–Kier alpha value is -1.96. The number of amides is 1. The predicted molar refractivity (Wildman–Crippen MR) is 107 cm³/mol. The van der Waals surface area contributed by atoms with Crippen LogP contribution in [0.3, 0.4) is 0 Å². The Balaban J connectivity index is 1.84. The van der Waals surface area contributed by atoms with Crippen LogP contribution in [0, 0.1) is 5.41 Å². The van der Waals surface area contributed by atoms with Crippen molar-refractivity contribution in [2.24, 2.45) is 5.73 Å². The van der Waals surface area contributed by atoms with Gasteiger partial charge >= 0.3 is 0 Å². The minimum absolute atomic E-state index is 0.0472. The van der Waals surface area contributed by atoms with Crippen LogP contribution >= 0.6 is 0 Å². The highest BCUT2D eigenvalue weighted by molar-refractivity contribution is 6.01. The highest BCUT2D eigenvalue weighted by Gasteiger charge is 2.40. The number of benzene rings is 1. The maximum atomic E-state index is 13.1. The maximum Gasteiger partial charge on any atom is 0.253 e. The quantitative estimate of drug-likeness (QED) is 0.517. The van der Waals surface area contributed by atoms with Gasteiger partial charge in [0.2, 0.25) is 0 Å². The molecule has 0 spiro atoms. The Morgan fingerprint density at radius 1 is 1.48 bits per heavy atom. The summed E-state index contributed by atoms with van der Waals surface area (Å²) in [5.41, 5.74) is 8.96. The number of hydrogen-bond acceptors (Lipinski definition) is 6. The molecule has 0 unspecified atom stereocenters. The third kappa shape index (κ3) is 4.66. The van der Waals surface area contributed by atoms with Crippen LogP contribution in [0.5, 0.6) is 0 Å². The summed E-state index contributed by atoms with van der Waals surface area (Å²) in [6, 6.07) is 6.28. The van der Waals surface area contributed by atoms with Gasteiger partial charge < -0.3 is 31.4 Å². The van der Waals surface area contributed by atoms with Gasteiger partial charge in [-0.1, -0.05) is 12.1 Å². The molecule has 2 atom stereocenters. The topological polar surface area (TPSA) is 103 Å². The SMILES string of the molecule is CC(=N)c1ccc([C@@H](C)N(C(=O)[C@H]2CNCCO2)C2CC2)cc1NCCN. The van der Waals surface area contributed by atoms with E-state index in [0.29, 0.717) is 38.0 Å². The number of anilines is 1. The number of ether oxygens (including phenoxy) is 1. The molecule has 0 aromatic heterocycles. The van der Waals surface area contributed by atoms with Gasteiger partial charge in [-0.2, -0.15) is 0 Å². The molecule has 0 bridgehead atoms. The molecule has 1 amide bonds. The van der Waals surface area contributed by atoms with Gasteiger partial charge in [0, 0.05) is 49.2 Å². The van der Waals surface area contributed by atoms with Gasteiger partial charge in [-0.15, -0.1) is 0 Å². The van der Waals surface area contributed by atoms with Crippen molar-refractivity contribution in [2.75, 3.05) is 38.1 Å². The average Bonchev–Trinajstić information content (AvgIpc) is 3.51. The first kappa shape index (κ1) is 19.8. The average molecular weight is 374 g/mol. The fourth-order valence-corrected chi connectivity index (χ4v) is 3.59. The molecule has 1 heterocycles. The molecule has 7 nitrogen and oxygen atoms in total. The lowest BCUT2D eigenvalue weighted by Gasteiger charge is -2.34. The van der Waals surface area contributed by atoms with Gasteiger partial charge in [0.1, 0.15) is 6.10 Å². The number of morpholine rings is 1. The van der Waals surface area contributed by atoms with Gasteiger partial charge in [0.05, 0.1) is 12.6 Å². The number of rotatable bonds is 8. The molecule has 27 heavy (non-hydrogen) atoms. The van der Waals surface area contributed by atoms with Gasteiger partial charge in [0.15, 0.2) is 0 Å². The number of carbonyl (C=O) groups is 1. The Bertz CT molecular complexity index is 683. The first-order chi connectivity index (χ1) is 13.0. The highest BCUT2D eigenvalue weighted by atomic mass is 16.5. The molecule has 1 aliphatic heterocycles. The smallest absolute Gasteiger partial charge is 0.253 e. The van der Waals surface area contributed by atoms with Gasteiger partial charge in [-0.3, -0.25) is 4.79 Å². The van der Waals surface area contributed by atoms with E-state index in [0.717, 1.165) is 36.2 Å². The van der Waals surface area contributed by atoms with Crippen molar-refractivity contribution >= 4 is 17.3 Å². The van der Waals surface area contributed by atoms with E-state index >= 15 is 0 Å². The molecule has 148 valence electrons. The molecule has 5 N–H and O–H groups in total. The van der Waals surface area contributed by atoms with E-state index in [1.807, 2.05) is 17.0 Å². The zero-order chi connectivity index (χ0) is 19.4. The molecular formula is C20H31N5O2. The largest absolute Gasteiger partial charge is 0.383 e. The zero-order valence-electron chi connectivity index (χ0n) is 16.3. The second-order valence-electron chi connectivity index (χ2n) is 7.36. The van der Waals surface area contributed by atoms with Crippen molar-refractivity contribution in [3.63, 3.8) is 0 Å². The van der Waals surface area contributed by atoms with Crippen molar-refractivity contribution in [2.45, 2.75) is 44.9 Å². The first-order valence-corrected chi connectivity index (χ1v) is 9.80. The molecule has 1 aliphatic carbocycles. The van der Waals surface area contributed by atoms with Crippen LogP contribution in [0.2, 0.25) is 0 Å². The summed E-state index contributed by atoms with van der Waals surface area (Å²) in [7, 11) is 0. The number of nitrogens with zero attached hydrogens (tertiary/aromatic N) is 1. The van der Waals surface area contributed by atoms with Crippen LogP contribution in [-0.4, -0.2) is 61.5 Å². The van der Waals surface area contributed by atoms with E-state index in [1.165, 1.54) is 0 Å². The highest BCUT2D eigenvalue weighted by Crippen LogP contribution is 2.36. The lowest BCUT2D eigenvalue weighted by atomic mass is 10.00. The Morgan fingerprint density at radius 2 is 2.26 bits per heavy atom. The lowest BCUT2D eigenvalue weighted by molar-refractivity contribution is -0.148. The Kier molecular flexibility index (Phi) is 6.46. The molecule has 1 saturated heterocycles. The molecule has 3 rings (SSSR count). The predicted octanol–water partition coefficient (Wildman–Crippen LogP) is 1.49. The van der Waals surface area contributed by atoms with Crippen molar-refractivity contribution < 1.29 is 9.53 Å². The van der Waals surface area contributed by atoms with Crippen LogP contribution < -0.4 is 16.4 Å². The molecular weight excluding hydrogens is 342 g/mol. The summed E-state index contributed by atoms with van der Waals surface area (Å²) in [6.45, 7) is 6.96. The van der Waals surface area contributed by atoms with Crippen molar-refractivity contribution in [1.29, 1.82) is 5.41 Å².